The summed E-state index contributed by atoms with van der Waals surface area (Å²) in [7, 11) is 0. The Hall–Kier alpha value is -2.86. The molecule has 0 radical (unpaired) electrons. The molecule has 4 rings (SSSR count). The standard InChI is InChI=1S/C25H29N3O2S/c1-16-20(10-13-31-16)21-14-19(26)15-27-22(21)17-6-8-18(9-7-17)25(11-5-12-25)28-23(29)30-24(2,3)4/h6-10,13-15H,5,11-12,26H2,1-4H3,(H,28,29). The molecule has 1 aliphatic rings. The fraction of sp³-hybridized carbons (Fsp3) is 0.360. The number of aromatic nitrogens is 1. The average Bonchev–Trinajstić information content (AvgIpc) is 3.09. The highest BCUT2D eigenvalue weighted by Gasteiger charge is 2.41. The van der Waals surface area contributed by atoms with Crippen LogP contribution >= 0.6 is 11.3 Å². The molecule has 1 amide bonds. The molecule has 2 aromatic heterocycles. The molecule has 1 aromatic carbocycles. The number of benzene rings is 1. The minimum atomic E-state index is -0.518. The molecule has 31 heavy (non-hydrogen) atoms. The lowest BCUT2D eigenvalue weighted by atomic mass is 9.71. The molecule has 0 spiro atoms. The number of amides is 1. The first kappa shape index (κ1) is 21.4. The third-order valence-corrected chi connectivity index (χ3v) is 6.56. The third-order valence-electron chi connectivity index (χ3n) is 5.72. The Labute approximate surface area is 187 Å². The number of hydrogen-bond acceptors (Lipinski definition) is 5. The Morgan fingerprint density at radius 3 is 2.42 bits per heavy atom. The maximum absolute atomic E-state index is 12.4. The van der Waals surface area contributed by atoms with Crippen LogP contribution in [0.1, 0.15) is 50.5 Å². The lowest BCUT2D eigenvalue weighted by Gasteiger charge is -2.43. The molecule has 0 bridgehead atoms. The summed E-state index contributed by atoms with van der Waals surface area (Å²) in [5, 5.41) is 5.21. The number of anilines is 1. The van der Waals surface area contributed by atoms with Gasteiger partial charge < -0.3 is 15.8 Å². The second-order valence-corrected chi connectivity index (χ2v) is 10.3. The van der Waals surface area contributed by atoms with Crippen molar-refractivity contribution >= 4 is 23.1 Å². The number of pyridine rings is 1. The van der Waals surface area contributed by atoms with Crippen molar-refractivity contribution in [2.24, 2.45) is 0 Å². The van der Waals surface area contributed by atoms with Gasteiger partial charge in [0.2, 0.25) is 0 Å². The summed E-state index contributed by atoms with van der Waals surface area (Å²) in [5.41, 5.74) is 11.0. The van der Waals surface area contributed by atoms with Gasteiger partial charge in [-0.05, 0) is 75.6 Å². The zero-order valence-electron chi connectivity index (χ0n) is 18.5. The van der Waals surface area contributed by atoms with Crippen molar-refractivity contribution in [1.82, 2.24) is 10.3 Å². The van der Waals surface area contributed by atoms with E-state index in [0.29, 0.717) is 5.69 Å². The van der Waals surface area contributed by atoms with Gasteiger partial charge >= 0.3 is 6.09 Å². The van der Waals surface area contributed by atoms with Crippen molar-refractivity contribution in [3.8, 4) is 22.4 Å². The molecule has 162 valence electrons. The van der Waals surface area contributed by atoms with Crippen LogP contribution in [0.5, 0.6) is 0 Å². The summed E-state index contributed by atoms with van der Waals surface area (Å²) in [5.74, 6) is 0. The van der Waals surface area contributed by atoms with E-state index in [1.165, 1.54) is 4.88 Å². The van der Waals surface area contributed by atoms with Gasteiger partial charge in [-0.1, -0.05) is 24.3 Å². The van der Waals surface area contributed by atoms with Gasteiger partial charge in [0.1, 0.15) is 5.60 Å². The van der Waals surface area contributed by atoms with E-state index >= 15 is 0 Å². The van der Waals surface area contributed by atoms with Crippen molar-refractivity contribution in [2.75, 3.05) is 5.73 Å². The molecule has 6 heteroatoms. The number of nitrogens with one attached hydrogen (secondary N) is 1. The minimum absolute atomic E-state index is 0.359. The fourth-order valence-electron chi connectivity index (χ4n) is 4.04. The maximum Gasteiger partial charge on any atom is 0.408 e. The normalized spacial score (nSPS) is 15.2. The second kappa shape index (κ2) is 8.00. The molecular weight excluding hydrogens is 406 g/mol. The number of carbonyl (C=O) groups excluding carboxylic acids is 1. The first-order chi connectivity index (χ1) is 14.7. The highest BCUT2D eigenvalue weighted by atomic mass is 32.1. The van der Waals surface area contributed by atoms with Gasteiger partial charge in [0.05, 0.1) is 23.1 Å². The zero-order chi connectivity index (χ0) is 22.2. The number of nitrogens with two attached hydrogens (primary N) is 1. The van der Waals surface area contributed by atoms with E-state index in [1.54, 1.807) is 17.5 Å². The van der Waals surface area contributed by atoms with Crippen molar-refractivity contribution in [3.63, 3.8) is 0 Å². The van der Waals surface area contributed by atoms with E-state index in [-0.39, 0.29) is 11.6 Å². The highest BCUT2D eigenvalue weighted by Crippen LogP contribution is 2.42. The van der Waals surface area contributed by atoms with Crippen LogP contribution in [-0.2, 0) is 10.3 Å². The Bertz CT molecular complexity index is 1090. The summed E-state index contributed by atoms with van der Waals surface area (Å²) in [6.07, 6.45) is 4.23. The van der Waals surface area contributed by atoms with Crippen molar-refractivity contribution in [2.45, 2.75) is 58.1 Å². The molecule has 0 aliphatic heterocycles. The molecule has 1 fully saturated rings. The Balaban J connectivity index is 1.63. The molecule has 1 saturated carbocycles. The van der Waals surface area contributed by atoms with Crippen molar-refractivity contribution in [1.29, 1.82) is 0 Å². The number of ether oxygens (including phenoxy) is 1. The molecule has 0 saturated heterocycles. The maximum atomic E-state index is 12.4. The van der Waals surface area contributed by atoms with Crippen LogP contribution in [0.4, 0.5) is 10.5 Å². The molecule has 3 aromatic rings. The fourth-order valence-corrected chi connectivity index (χ4v) is 4.76. The third kappa shape index (κ3) is 4.44. The first-order valence-corrected chi connectivity index (χ1v) is 11.5. The van der Waals surface area contributed by atoms with Gasteiger partial charge in [-0.2, -0.15) is 0 Å². The number of nitrogen functional groups attached to an aromatic ring is 1. The lowest BCUT2D eigenvalue weighted by molar-refractivity contribution is 0.0377. The highest BCUT2D eigenvalue weighted by molar-refractivity contribution is 7.10. The Morgan fingerprint density at radius 1 is 1.16 bits per heavy atom. The SMILES string of the molecule is Cc1sccc1-c1cc(N)cnc1-c1ccc(C2(NC(=O)OC(C)(C)C)CCC2)cc1. The van der Waals surface area contributed by atoms with Gasteiger partial charge in [0.15, 0.2) is 0 Å². The van der Waals surface area contributed by atoms with Crippen LogP contribution in [-0.4, -0.2) is 16.7 Å². The second-order valence-electron chi connectivity index (χ2n) is 9.20. The number of aryl methyl sites for hydroxylation is 1. The monoisotopic (exact) mass is 435 g/mol. The summed E-state index contributed by atoms with van der Waals surface area (Å²) < 4.78 is 5.49. The quantitative estimate of drug-likeness (QED) is 0.506. The van der Waals surface area contributed by atoms with Crippen molar-refractivity contribution in [3.05, 3.63) is 58.4 Å². The minimum Gasteiger partial charge on any atom is -0.444 e. The first-order valence-electron chi connectivity index (χ1n) is 10.6. The molecule has 0 atom stereocenters. The summed E-state index contributed by atoms with van der Waals surface area (Å²) in [4.78, 5) is 18.3. The number of rotatable bonds is 4. The van der Waals surface area contributed by atoms with Crippen molar-refractivity contribution < 1.29 is 9.53 Å². The van der Waals surface area contributed by atoms with E-state index in [9.17, 15) is 4.79 Å². The number of thiophene rings is 1. The number of hydrogen-bond donors (Lipinski definition) is 2. The summed E-state index contributed by atoms with van der Waals surface area (Å²) in [6.45, 7) is 7.74. The average molecular weight is 436 g/mol. The van der Waals surface area contributed by atoms with E-state index in [1.807, 2.05) is 26.8 Å². The van der Waals surface area contributed by atoms with E-state index in [0.717, 1.165) is 47.2 Å². The van der Waals surface area contributed by atoms with Crippen LogP contribution < -0.4 is 11.1 Å². The van der Waals surface area contributed by atoms with Gasteiger partial charge in [0.25, 0.3) is 0 Å². The predicted molar refractivity (Wildman–Crippen MR) is 127 cm³/mol. The van der Waals surface area contributed by atoms with Crippen LogP contribution in [0.15, 0.2) is 48.0 Å². The van der Waals surface area contributed by atoms with Gasteiger partial charge in [-0.15, -0.1) is 11.3 Å². The number of alkyl carbamates (subject to hydrolysis) is 1. The van der Waals surface area contributed by atoms with Gasteiger partial charge in [0, 0.05) is 16.0 Å². The van der Waals surface area contributed by atoms with Crippen LogP contribution in [0.2, 0.25) is 0 Å². The number of nitrogens with zero attached hydrogens (tertiary/aromatic N) is 1. The molecule has 3 N–H and O–H groups in total. The summed E-state index contributed by atoms with van der Waals surface area (Å²) >= 11 is 1.71. The smallest absolute Gasteiger partial charge is 0.408 e. The molecule has 5 nitrogen and oxygen atoms in total. The topological polar surface area (TPSA) is 77.2 Å². The molecule has 1 aliphatic carbocycles. The van der Waals surface area contributed by atoms with Gasteiger partial charge in [-0.3, -0.25) is 4.98 Å². The van der Waals surface area contributed by atoms with Crippen LogP contribution in [0.25, 0.3) is 22.4 Å². The largest absolute Gasteiger partial charge is 0.444 e. The zero-order valence-corrected chi connectivity index (χ0v) is 19.3. The van der Waals surface area contributed by atoms with E-state index in [4.69, 9.17) is 10.5 Å². The Kier molecular flexibility index (Phi) is 5.52. The van der Waals surface area contributed by atoms with E-state index < -0.39 is 5.60 Å². The molecule has 0 unspecified atom stereocenters. The van der Waals surface area contributed by atoms with Crippen LogP contribution in [0.3, 0.4) is 0 Å². The van der Waals surface area contributed by atoms with Crippen LogP contribution in [0, 0.1) is 6.92 Å². The lowest BCUT2D eigenvalue weighted by Crippen LogP contribution is -2.52. The molecular formula is C25H29N3O2S. The summed E-state index contributed by atoms with van der Waals surface area (Å²) in [6, 6.07) is 12.4. The Morgan fingerprint density at radius 2 is 1.87 bits per heavy atom. The molecule has 2 heterocycles. The van der Waals surface area contributed by atoms with E-state index in [2.05, 4.69) is 52.9 Å². The number of carbonyl (C=O) groups is 1. The van der Waals surface area contributed by atoms with Gasteiger partial charge in [-0.25, -0.2) is 4.79 Å². The predicted octanol–water partition coefficient (Wildman–Crippen LogP) is 6.27.